The first-order chi connectivity index (χ1) is 14.4. The lowest BCUT2D eigenvalue weighted by Gasteiger charge is -2.34. The van der Waals surface area contributed by atoms with Gasteiger partial charge in [0, 0.05) is 51.5 Å². The third-order valence-electron chi connectivity index (χ3n) is 6.97. The van der Waals surface area contributed by atoms with Gasteiger partial charge in [-0.2, -0.15) is 0 Å². The van der Waals surface area contributed by atoms with Gasteiger partial charge in [0.1, 0.15) is 5.69 Å². The number of aromatic amines is 1. The molecule has 2 amide bonds. The topological polar surface area (TPSA) is 71.7 Å². The maximum Gasteiger partial charge on any atom is 0.270 e. The van der Waals surface area contributed by atoms with E-state index >= 15 is 0 Å². The largest absolute Gasteiger partial charge is 0.356 e. The molecule has 7 heteroatoms. The first kappa shape index (κ1) is 22.8. The normalized spacial score (nSPS) is 21.1. The van der Waals surface area contributed by atoms with Crippen molar-refractivity contribution in [3.8, 4) is 0 Å². The highest BCUT2D eigenvalue weighted by molar-refractivity contribution is 5.95. The van der Waals surface area contributed by atoms with Gasteiger partial charge in [-0.15, -0.1) is 0 Å². The Bertz CT molecular complexity index is 736. The van der Waals surface area contributed by atoms with Gasteiger partial charge in [0.25, 0.3) is 5.91 Å². The molecule has 3 heterocycles. The maximum atomic E-state index is 13.0. The molecule has 0 unspecified atom stereocenters. The number of carbonyl (C=O) groups excluding carboxylic acids is 2. The van der Waals surface area contributed by atoms with Crippen LogP contribution < -0.4 is 5.32 Å². The second-order valence-electron chi connectivity index (χ2n) is 8.89. The van der Waals surface area contributed by atoms with Gasteiger partial charge in [0.15, 0.2) is 0 Å². The van der Waals surface area contributed by atoms with E-state index in [1.807, 2.05) is 25.7 Å². The number of nitrogens with one attached hydrogen (secondary N) is 2. The molecule has 0 bridgehead atoms. The van der Waals surface area contributed by atoms with E-state index in [2.05, 4.69) is 27.0 Å². The van der Waals surface area contributed by atoms with E-state index in [0.29, 0.717) is 18.8 Å². The highest BCUT2D eigenvalue weighted by Crippen LogP contribution is 2.22. The maximum absolute atomic E-state index is 13.0. The quantitative estimate of drug-likeness (QED) is 0.665. The molecule has 1 atom stereocenters. The molecular weight excluding hydrogens is 378 g/mol. The van der Waals surface area contributed by atoms with Crippen molar-refractivity contribution in [3.63, 3.8) is 0 Å². The van der Waals surface area contributed by atoms with Crippen molar-refractivity contribution >= 4 is 11.8 Å². The Balaban J connectivity index is 1.42. The molecule has 168 valence electrons. The predicted molar refractivity (Wildman–Crippen MR) is 120 cm³/mol. The number of piperazine rings is 1. The summed E-state index contributed by atoms with van der Waals surface area (Å²) in [5.74, 6) is 0.0135. The van der Waals surface area contributed by atoms with Crippen LogP contribution in [-0.2, 0) is 4.79 Å². The van der Waals surface area contributed by atoms with Crippen molar-refractivity contribution in [1.82, 2.24) is 25.0 Å². The molecule has 0 aliphatic carbocycles. The van der Waals surface area contributed by atoms with Crippen LogP contribution in [0.2, 0.25) is 0 Å². The van der Waals surface area contributed by atoms with E-state index < -0.39 is 0 Å². The minimum absolute atomic E-state index is 0.0208. The lowest BCUT2D eigenvalue weighted by Crippen LogP contribution is -2.47. The predicted octanol–water partition coefficient (Wildman–Crippen LogP) is 1.94. The summed E-state index contributed by atoms with van der Waals surface area (Å²) in [5, 5.41) is 3.11. The van der Waals surface area contributed by atoms with Crippen LogP contribution in [-0.4, -0.2) is 90.4 Å². The second kappa shape index (κ2) is 10.4. The molecule has 0 radical (unpaired) electrons. The number of nitrogens with zero attached hydrogens (tertiary/aromatic N) is 3. The summed E-state index contributed by atoms with van der Waals surface area (Å²) >= 11 is 0. The summed E-state index contributed by atoms with van der Waals surface area (Å²) in [4.78, 5) is 35.7. The number of hydrogen-bond donors (Lipinski definition) is 2. The van der Waals surface area contributed by atoms with E-state index in [4.69, 9.17) is 0 Å². The van der Waals surface area contributed by atoms with Gasteiger partial charge in [0.2, 0.25) is 5.91 Å². The SMILES string of the molecule is CCN1CCN(CCCNC(=O)[C@H]2CCCN(C(=O)c3[nH]c(C)c(C)c3C)C2)CC1. The average molecular weight is 418 g/mol. The van der Waals surface area contributed by atoms with Crippen molar-refractivity contribution in [2.24, 2.45) is 5.92 Å². The third-order valence-corrected chi connectivity index (χ3v) is 6.97. The Morgan fingerprint density at radius 1 is 1.03 bits per heavy atom. The summed E-state index contributed by atoms with van der Waals surface area (Å²) in [5.41, 5.74) is 3.87. The Kier molecular flexibility index (Phi) is 7.94. The fourth-order valence-electron chi connectivity index (χ4n) is 4.58. The number of aromatic nitrogens is 1. The van der Waals surface area contributed by atoms with Crippen molar-refractivity contribution in [3.05, 3.63) is 22.5 Å². The summed E-state index contributed by atoms with van der Waals surface area (Å²) < 4.78 is 0. The molecule has 0 spiro atoms. The van der Waals surface area contributed by atoms with Crippen LogP contribution in [0, 0.1) is 26.7 Å². The molecule has 2 fully saturated rings. The smallest absolute Gasteiger partial charge is 0.270 e. The van der Waals surface area contributed by atoms with Crippen molar-refractivity contribution in [1.29, 1.82) is 0 Å². The van der Waals surface area contributed by atoms with Gasteiger partial charge in [-0.1, -0.05) is 6.92 Å². The van der Waals surface area contributed by atoms with Gasteiger partial charge < -0.3 is 25.0 Å². The molecule has 2 aliphatic heterocycles. The van der Waals surface area contributed by atoms with Crippen LogP contribution in [0.4, 0.5) is 0 Å². The zero-order valence-corrected chi connectivity index (χ0v) is 19.2. The van der Waals surface area contributed by atoms with Crippen LogP contribution in [0.15, 0.2) is 0 Å². The molecule has 2 aliphatic rings. The van der Waals surface area contributed by atoms with Crippen LogP contribution in [0.1, 0.15) is 53.5 Å². The summed E-state index contributed by atoms with van der Waals surface area (Å²) in [6, 6.07) is 0. The first-order valence-corrected chi connectivity index (χ1v) is 11.6. The number of H-pyrrole nitrogens is 1. The Labute approximate surface area is 181 Å². The third kappa shape index (κ3) is 5.43. The van der Waals surface area contributed by atoms with Crippen LogP contribution in [0.3, 0.4) is 0 Å². The second-order valence-corrected chi connectivity index (χ2v) is 8.89. The summed E-state index contributed by atoms with van der Waals surface area (Å²) in [6.45, 7) is 16.9. The minimum atomic E-state index is -0.103. The number of hydrogen-bond acceptors (Lipinski definition) is 4. The fourth-order valence-corrected chi connectivity index (χ4v) is 4.58. The van der Waals surface area contributed by atoms with Crippen molar-refractivity contribution < 1.29 is 9.59 Å². The summed E-state index contributed by atoms with van der Waals surface area (Å²) in [6.07, 6.45) is 2.72. The Morgan fingerprint density at radius 3 is 2.37 bits per heavy atom. The first-order valence-electron chi connectivity index (χ1n) is 11.6. The van der Waals surface area contributed by atoms with Crippen LogP contribution >= 0.6 is 0 Å². The van der Waals surface area contributed by atoms with E-state index in [1.54, 1.807) is 0 Å². The molecule has 0 saturated carbocycles. The lowest BCUT2D eigenvalue weighted by atomic mass is 9.96. The number of aryl methyl sites for hydroxylation is 1. The Morgan fingerprint density at radius 2 is 1.73 bits per heavy atom. The molecule has 2 N–H and O–H groups in total. The number of piperidine rings is 1. The van der Waals surface area contributed by atoms with E-state index in [1.165, 1.54) is 0 Å². The molecule has 7 nitrogen and oxygen atoms in total. The highest BCUT2D eigenvalue weighted by atomic mass is 16.2. The lowest BCUT2D eigenvalue weighted by molar-refractivity contribution is -0.126. The van der Waals surface area contributed by atoms with E-state index in [0.717, 1.165) is 81.9 Å². The Hall–Kier alpha value is -1.86. The highest BCUT2D eigenvalue weighted by Gasteiger charge is 2.30. The monoisotopic (exact) mass is 417 g/mol. The molecule has 0 aromatic carbocycles. The number of likely N-dealkylation sites (N-methyl/N-ethyl adjacent to an activating group) is 1. The van der Waals surface area contributed by atoms with Crippen LogP contribution in [0.25, 0.3) is 0 Å². The molecular formula is C23H39N5O2. The zero-order valence-electron chi connectivity index (χ0n) is 19.2. The molecule has 30 heavy (non-hydrogen) atoms. The molecule has 2 saturated heterocycles. The number of carbonyl (C=O) groups is 2. The van der Waals surface area contributed by atoms with Crippen molar-refractivity contribution in [2.45, 2.75) is 47.0 Å². The van der Waals surface area contributed by atoms with Gasteiger partial charge >= 0.3 is 0 Å². The molecule has 3 rings (SSSR count). The van der Waals surface area contributed by atoms with Gasteiger partial charge in [-0.3, -0.25) is 9.59 Å². The number of likely N-dealkylation sites (tertiary alicyclic amines) is 1. The standard InChI is InChI=1S/C23H39N5O2/c1-5-26-12-14-27(15-13-26)10-7-9-24-22(29)20-8-6-11-28(16-20)23(30)21-18(3)17(2)19(4)25-21/h20,25H,5-16H2,1-4H3,(H,24,29)/t20-/m0/s1. The number of amides is 2. The van der Waals surface area contributed by atoms with E-state index in [9.17, 15) is 9.59 Å². The molecule has 1 aromatic rings. The van der Waals surface area contributed by atoms with Crippen LogP contribution in [0.5, 0.6) is 0 Å². The average Bonchev–Trinajstić information content (AvgIpc) is 3.03. The van der Waals surface area contributed by atoms with Gasteiger partial charge in [-0.05, 0) is 64.3 Å². The fraction of sp³-hybridized carbons (Fsp3) is 0.739. The molecule has 1 aromatic heterocycles. The van der Waals surface area contributed by atoms with Crippen molar-refractivity contribution in [2.75, 3.05) is 58.9 Å². The number of rotatable bonds is 7. The summed E-state index contributed by atoms with van der Waals surface area (Å²) in [7, 11) is 0. The van der Waals surface area contributed by atoms with Gasteiger partial charge in [-0.25, -0.2) is 0 Å². The van der Waals surface area contributed by atoms with Gasteiger partial charge in [0.05, 0.1) is 5.92 Å². The minimum Gasteiger partial charge on any atom is -0.356 e. The van der Waals surface area contributed by atoms with E-state index in [-0.39, 0.29) is 17.7 Å². The zero-order chi connectivity index (χ0) is 21.7.